The number of hydrogen-bond acceptors (Lipinski definition) is 4. The van der Waals surface area contributed by atoms with Crippen molar-refractivity contribution in [2.75, 3.05) is 19.3 Å². The topological polar surface area (TPSA) is 89.7 Å². The molecule has 2 N–H and O–H groups in total. The Balaban J connectivity index is 0. The van der Waals surface area contributed by atoms with Crippen molar-refractivity contribution in [2.45, 2.75) is 32.8 Å². The second-order valence-electron chi connectivity index (χ2n) is 3.30. The summed E-state index contributed by atoms with van der Waals surface area (Å²) in [5.74, 6) is 0. The Morgan fingerprint density at radius 3 is 2.12 bits per heavy atom. The monoisotopic (exact) mass is 254 g/mol. The maximum absolute atomic E-state index is 11.1. The Morgan fingerprint density at radius 2 is 1.81 bits per heavy atom. The van der Waals surface area contributed by atoms with Crippen LogP contribution in [0.2, 0.25) is 0 Å². The molecule has 1 rings (SSSR count). The number of piperidine rings is 1. The number of carbonyl (C=O) groups excluding carboxylic acids is 1. The molecule has 98 valence electrons. The van der Waals surface area contributed by atoms with Gasteiger partial charge in [0.25, 0.3) is 0 Å². The third-order valence-corrected chi connectivity index (χ3v) is 3.46. The molecule has 1 heterocycles. The van der Waals surface area contributed by atoms with Gasteiger partial charge in [0.2, 0.25) is 10.0 Å². The minimum absolute atomic E-state index is 0. The SMILES string of the molecule is CC.CS(=O)(=O)N1CCC(OC(N)=O)CC1.[HH]. The summed E-state index contributed by atoms with van der Waals surface area (Å²) >= 11 is 0. The minimum Gasteiger partial charge on any atom is -0.446 e. The molecule has 1 aliphatic heterocycles. The highest BCUT2D eigenvalue weighted by Gasteiger charge is 2.26. The lowest BCUT2D eigenvalue weighted by Crippen LogP contribution is -2.41. The molecule has 1 amide bonds. The number of amides is 1. The van der Waals surface area contributed by atoms with Gasteiger partial charge in [-0.15, -0.1) is 0 Å². The zero-order chi connectivity index (χ0) is 12.8. The van der Waals surface area contributed by atoms with Gasteiger partial charge in [-0.2, -0.15) is 0 Å². The number of primary amides is 1. The number of ether oxygens (including phenoxy) is 1. The van der Waals surface area contributed by atoms with Gasteiger partial charge in [0, 0.05) is 14.5 Å². The van der Waals surface area contributed by atoms with E-state index in [0.717, 1.165) is 0 Å². The smallest absolute Gasteiger partial charge is 0.404 e. The van der Waals surface area contributed by atoms with Gasteiger partial charge >= 0.3 is 6.09 Å². The molecule has 1 saturated heterocycles. The van der Waals surface area contributed by atoms with Crippen molar-refractivity contribution >= 4 is 16.1 Å². The van der Waals surface area contributed by atoms with E-state index >= 15 is 0 Å². The van der Waals surface area contributed by atoms with Gasteiger partial charge in [-0.3, -0.25) is 0 Å². The predicted octanol–water partition coefficient (Wildman–Crippen LogP) is 0.778. The molecule has 0 spiro atoms. The number of nitrogens with two attached hydrogens (primary N) is 1. The van der Waals surface area contributed by atoms with E-state index in [4.69, 9.17) is 10.5 Å². The number of rotatable bonds is 2. The maximum atomic E-state index is 11.1. The van der Waals surface area contributed by atoms with Crippen LogP contribution in [0.4, 0.5) is 4.79 Å². The van der Waals surface area contributed by atoms with Crippen LogP contribution >= 0.6 is 0 Å². The second-order valence-corrected chi connectivity index (χ2v) is 5.28. The molecule has 0 aromatic carbocycles. The van der Waals surface area contributed by atoms with E-state index in [0.29, 0.717) is 25.9 Å². The molecule has 6 nitrogen and oxygen atoms in total. The van der Waals surface area contributed by atoms with Gasteiger partial charge in [-0.1, -0.05) is 13.8 Å². The molecule has 0 bridgehead atoms. The van der Waals surface area contributed by atoms with E-state index in [1.807, 2.05) is 13.8 Å². The molecule has 0 aliphatic carbocycles. The summed E-state index contributed by atoms with van der Waals surface area (Å²) in [5.41, 5.74) is 4.85. The van der Waals surface area contributed by atoms with Crippen LogP contribution in [0.5, 0.6) is 0 Å². The van der Waals surface area contributed by atoms with Gasteiger partial charge < -0.3 is 10.5 Å². The average molecular weight is 254 g/mol. The van der Waals surface area contributed by atoms with Crippen molar-refractivity contribution in [3.8, 4) is 0 Å². The van der Waals surface area contributed by atoms with Crippen LogP contribution in [0.25, 0.3) is 0 Å². The quantitative estimate of drug-likeness (QED) is 0.788. The van der Waals surface area contributed by atoms with E-state index in [1.54, 1.807) is 0 Å². The third kappa shape index (κ3) is 5.32. The lowest BCUT2D eigenvalue weighted by molar-refractivity contribution is 0.0742. The first-order chi connectivity index (χ1) is 7.39. The van der Waals surface area contributed by atoms with E-state index in [-0.39, 0.29) is 7.53 Å². The average Bonchev–Trinajstić information content (AvgIpc) is 2.19. The molecule has 7 heteroatoms. The fourth-order valence-corrected chi connectivity index (χ4v) is 2.32. The number of hydrogen-bond donors (Lipinski definition) is 1. The van der Waals surface area contributed by atoms with E-state index in [9.17, 15) is 13.2 Å². The largest absolute Gasteiger partial charge is 0.446 e. The first-order valence-electron chi connectivity index (χ1n) is 5.31. The third-order valence-electron chi connectivity index (χ3n) is 2.15. The Labute approximate surface area is 98.3 Å². The molecule has 0 radical (unpaired) electrons. The number of sulfonamides is 1. The van der Waals surface area contributed by atoms with Crippen molar-refractivity contribution in [1.29, 1.82) is 0 Å². The van der Waals surface area contributed by atoms with Crippen LogP contribution < -0.4 is 5.73 Å². The highest BCUT2D eigenvalue weighted by atomic mass is 32.2. The molecule has 1 fully saturated rings. The first-order valence-corrected chi connectivity index (χ1v) is 7.15. The van der Waals surface area contributed by atoms with Crippen LogP contribution in [0.1, 0.15) is 28.1 Å². The molecule has 0 aromatic rings. The molecule has 0 unspecified atom stereocenters. The summed E-state index contributed by atoms with van der Waals surface area (Å²) in [5, 5.41) is 0. The summed E-state index contributed by atoms with van der Waals surface area (Å²) in [7, 11) is -3.12. The summed E-state index contributed by atoms with van der Waals surface area (Å²) in [6.07, 6.45) is 1.14. The first kappa shape index (κ1) is 15.2. The molecule has 0 atom stereocenters. The molecular weight excluding hydrogens is 232 g/mol. The standard InChI is InChI=1S/C7H14N2O4S.C2H6.H2/c1-14(11,12)9-4-2-6(3-5-9)13-7(8)10;1-2;/h6H,2-5H2,1H3,(H2,8,10);1-2H3;1H. The maximum Gasteiger partial charge on any atom is 0.404 e. The molecule has 16 heavy (non-hydrogen) atoms. The van der Waals surface area contributed by atoms with E-state index < -0.39 is 16.1 Å². The van der Waals surface area contributed by atoms with Crippen LogP contribution in [0, 0.1) is 0 Å². The van der Waals surface area contributed by atoms with Gasteiger partial charge in [-0.25, -0.2) is 17.5 Å². The van der Waals surface area contributed by atoms with Crippen LogP contribution in [-0.4, -0.2) is 44.3 Å². The summed E-state index contributed by atoms with van der Waals surface area (Å²) in [4.78, 5) is 10.4. The Morgan fingerprint density at radius 1 is 1.38 bits per heavy atom. The molecule has 0 aromatic heterocycles. The zero-order valence-electron chi connectivity index (χ0n) is 9.97. The zero-order valence-corrected chi connectivity index (χ0v) is 10.8. The number of nitrogens with zero attached hydrogens (tertiary/aromatic N) is 1. The van der Waals surface area contributed by atoms with Gasteiger partial charge in [0.05, 0.1) is 6.26 Å². The van der Waals surface area contributed by atoms with Gasteiger partial charge in [-0.05, 0) is 12.8 Å². The predicted molar refractivity (Wildman–Crippen MR) is 63.6 cm³/mol. The summed E-state index contributed by atoms with van der Waals surface area (Å²) in [6.45, 7) is 4.77. The van der Waals surface area contributed by atoms with E-state index in [1.165, 1.54) is 10.6 Å². The molecule has 1 aliphatic rings. The number of carbonyl (C=O) groups is 1. The molecule has 0 saturated carbocycles. The van der Waals surface area contributed by atoms with E-state index in [2.05, 4.69) is 0 Å². The van der Waals surface area contributed by atoms with Crippen molar-refractivity contribution < 1.29 is 19.4 Å². The van der Waals surface area contributed by atoms with Crippen LogP contribution in [0.15, 0.2) is 0 Å². The Bertz CT molecular complexity index is 313. The van der Waals surface area contributed by atoms with Crippen LogP contribution in [-0.2, 0) is 14.8 Å². The van der Waals surface area contributed by atoms with Crippen LogP contribution in [0.3, 0.4) is 0 Å². The summed E-state index contributed by atoms with van der Waals surface area (Å²) in [6, 6.07) is 0. The minimum atomic E-state index is -3.12. The Hall–Kier alpha value is -0.820. The fraction of sp³-hybridized carbons (Fsp3) is 0.889. The van der Waals surface area contributed by atoms with Crippen molar-refractivity contribution in [3.63, 3.8) is 0 Å². The van der Waals surface area contributed by atoms with Crippen molar-refractivity contribution in [1.82, 2.24) is 4.31 Å². The highest BCUT2D eigenvalue weighted by molar-refractivity contribution is 7.88. The van der Waals surface area contributed by atoms with Crippen molar-refractivity contribution in [2.24, 2.45) is 5.73 Å². The van der Waals surface area contributed by atoms with Crippen molar-refractivity contribution in [3.05, 3.63) is 0 Å². The van der Waals surface area contributed by atoms with Gasteiger partial charge in [0.15, 0.2) is 0 Å². The lowest BCUT2D eigenvalue weighted by Gasteiger charge is -2.29. The van der Waals surface area contributed by atoms with Gasteiger partial charge in [0.1, 0.15) is 6.10 Å². The Kier molecular flexibility index (Phi) is 6.35. The normalized spacial score (nSPS) is 18.4. The second kappa shape index (κ2) is 6.70. The molecular formula is C9H22N2O4S. The highest BCUT2D eigenvalue weighted by Crippen LogP contribution is 2.15. The fourth-order valence-electron chi connectivity index (χ4n) is 1.45. The lowest BCUT2D eigenvalue weighted by atomic mass is 10.1. The summed E-state index contributed by atoms with van der Waals surface area (Å²) < 4.78 is 28.4.